The number of benzene rings is 2. The van der Waals surface area contributed by atoms with Crippen molar-refractivity contribution in [3.63, 3.8) is 0 Å². The fourth-order valence-electron chi connectivity index (χ4n) is 2.65. The molecule has 2 aromatic rings. The van der Waals surface area contributed by atoms with E-state index in [1.807, 2.05) is 0 Å². The third-order valence-corrected chi connectivity index (χ3v) is 6.41. The molecule has 32 heavy (non-hydrogen) atoms. The Bertz CT molecular complexity index is 1190. The molecule has 1 fully saturated rings. The Labute approximate surface area is 194 Å². The van der Waals surface area contributed by atoms with Gasteiger partial charge in [0.1, 0.15) is 17.2 Å². The lowest BCUT2D eigenvalue weighted by Crippen LogP contribution is -2.35. The molecule has 0 unspecified atom stereocenters. The lowest BCUT2D eigenvalue weighted by Gasteiger charge is -2.13. The van der Waals surface area contributed by atoms with Crippen molar-refractivity contribution in [1.29, 1.82) is 0 Å². The SMILES string of the molecule is CC(C)OC(=O)CN1C(=O)S/C(=C\c2cccc(OS(=O)(=O)c3ccc(Cl)cc3)c2)C1=O. The van der Waals surface area contributed by atoms with Gasteiger partial charge in [-0.3, -0.25) is 19.3 Å². The molecule has 0 bridgehead atoms. The van der Waals surface area contributed by atoms with E-state index >= 15 is 0 Å². The Morgan fingerprint density at radius 2 is 1.84 bits per heavy atom. The van der Waals surface area contributed by atoms with Crippen LogP contribution in [-0.4, -0.2) is 43.1 Å². The molecule has 2 amide bonds. The second-order valence-corrected chi connectivity index (χ2v) is 9.85. The first kappa shape index (κ1) is 23.8. The van der Waals surface area contributed by atoms with Crippen LogP contribution in [0.25, 0.3) is 6.08 Å². The first-order valence-corrected chi connectivity index (χ1v) is 11.9. The standard InChI is InChI=1S/C21H18ClNO7S2/c1-13(2)29-19(24)12-23-20(25)18(31-21(23)26)11-14-4-3-5-16(10-14)30-32(27,28)17-8-6-15(22)7-9-17/h3-11,13H,12H2,1-2H3/b18-11-. The van der Waals surface area contributed by atoms with Gasteiger partial charge in [-0.05, 0) is 73.6 Å². The summed E-state index contributed by atoms with van der Waals surface area (Å²) in [4.78, 5) is 37.3. The first-order valence-electron chi connectivity index (χ1n) is 9.30. The number of carbonyl (C=O) groups excluding carboxylic acids is 3. The van der Waals surface area contributed by atoms with Gasteiger partial charge in [0.25, 0.3) is 11.1 Å². The molecule has 0 saturated carbocycles. The summed E-state index contributed by atoms with van der Waals surface area (Å²) in [6.45, 7) is 2.84. The zero-order valence-corrected chi connectivity index (χ0v) is 19.4. The van der Waals surface area contributed by atoms with Crippen LogP contribution in [0.2, 0.25) is 5.02 Å². The summed E-state index contributed by atoms with van der Waals surface area (Å²) in [5, 5.41) is -0.211. The van der Waals surface area contributed by atoms with Crippen molar-refractivity contribution in [3.8, 4) is 5.75 Å². The summed E-state index contributed by atoms with van der Waals surface area (Å²) in [7, 11) is -4.09. The minimum absolute atomic E-state index is 0.0217. The number of ether oxygens (including phenoxy) is 1. The second kappa shape index (κ2) is 9.76. The highest BCUT2D eigenvalue weighted by Gasteiger charge is 2.36. The molecule has 3 rings (SSSR count). The smallest absolute Gasteiger partial charge is 0.339 e. The average molecular weight is 496 g/mol. The Kier molecular flexibility index (Phi) is 7.27. The maximum absolute atomic E-state index is 12.5. The number of rotatable bonds is 7. The number of hydrogen-bond acceptors (Lipinski definition) is 8. The van der Waals surface area contributed by atoms with Gasteiger partial charge in [0.05, 0.1) is 11.0 Å². The van der Waals surface area contributed by atoms with Gasteiger partial charge in [-0.2, -0.15) is 8.42 Å². The molecular formula is C21H18ClNO7S2. The fourth-order valence-corrected chi connectivity index (χ4v) is 4.54. The minimum Gasteiger partial charge on any atom is -0.462 e. The normalized spacial score (nSPS) is 15.5. The molecule has 1 aliphatic rings. The number of amides is 2. The molecular weight excluding hydrogens is 478 g/mol. The van der Waals surface area contributed by atoms with Crippen molar-refractivity contribution in [2.24, 2.45) is 0 Å². The molecule has 168 valence electrons. The van der Waals surface area contributed by atoms with E-state index < -0.39 is 33.8 Å². The molecule has 1 aliphatic heterocycles. The van der Waals surface area contributed by atoms with Crippen LogP contribution in [0.4, 0.5) is 4.79 Å². The lowest BCUT2D eigenvalue weighted by molar-refractivity contribution is -0.149. The van der Waals surface area contributed by atoms with Crippen LogP contribution in [0.1, 0.15) is 19.4 Å². The molecule has 11 heteroatoms. The van der Waals surface area contributed by atoms with Crippen molar-refractivity contribution < 1.29 is 31.7 Å². The first-order chi connectivity index (χ1) is 15.0. The van der Waals surface area contributed by atoms with Crippen LogP contribution >= 0.6 is 23.4 Å². The van der Waals surface area contributed by atoms with Crippen LogP contribution in [0.5, 0.6) is 5.75 Å². The molecule has 0 spiro atoms. The zero-order chi connectivity index (χ0) is 23.5. The number of carbonyl (C=O) groups is 3. The van der Waals surface area contributed by atoms with Gasteiger partial charge in [0.2, 0.25) is 0 Å². The molecule has 0 atom stereocenters. The molecule has 1 saturated heterocycles. The second-order valence-electron chi connectivity index (χ2n) is 6.87. The van der Waals surface area contributed by atoms with E-state index in [1.54, 1.807) is 26.0 Å². The van der Waals surface area contributed by atoms with Gasteiger partial charge in [-0.15, -0.1) is 0 Å². The van der Waals surface area contributed by atoms with Crippen LogP contribution in [0, 0.1) is 0 Å². The summed E-state index contributed by atoms with van der Waals surface area (Å²) in [6.07, 6.45) is 1.05. The van der Waals surface area contributed by atoms with Crippen LogP contribution < -0.4 is 4.18 Å². The fraction of sp³-hybridized carbons (Fsp3) is 0.190. The molecule has 0 N–H and O–H groups in total. The molecule has 8 nitrogen and oxygen atoms in total. The summed E-state index contributed by atoms with van der Waals surface area (Å²) in [5.74, 6) is -1.30. The van der Waals surface area contributed by atoms with Crippen LogP contribution in [0.3, 0.4) is 0 Å². The maximum atomic E-state index is 12.5. The molecule has 0 radical (unpaired) electrons. The van der Waals surface area contributed by atoms with Gasteiger partial charge < -0.3 is 8.92 Å². The maximum Gasteiger partial charge on any atom is 0.339 e. The molecule has 1 heterocycles. The van der Waals surface area contributed by atoms with Crippen molar-refractivity contribution >= 4 is 56.7 Å². The highest BCUT2D eigenvalue weighted by Crippen LogP contribution is 2.33. The van der Waals surface area contributed by atoms with E-state index in [9.17, 15) is 22.8 Å². The summed E-state index contributed by atoms with van der Waals surface area (Å²) in [6, 6.07) is 11.5. The van der Waals surface area contributed by atoms with Gasteiger partial charge in [0.15, 0.2) is 0 Å². The van der Waals surface area contributed by atoms with E-state index in [1.165, 1.54) is 42.5 Å². The predicted molar refractivity (Wildman–Crippen MR) is 120 cm³/mol. The third kappa shape index (κ3) is 5.90. The monoisotopic (exact) mass is 495 g/mol. The Morgan fingerprint density at radius 3 is 2.50 bits per heavy atom. The number of imide groups is 1. The van der Waals surface area contributed by atoms with Crippen LogP contribution in [-0.2, 0) is 24.4 Å². The Morgan fingerprint density at radius 1 is 1.16 bits per heavy atom. The molecule has 2 aromatic carbocycles. The molecule has 0 aliphatic carbocycles. The van der Waals surface area contributed by atoms with E-state index in [4.69, 9.17) is 20.5 Å². The van der Waals surface area contributed by atoms with E-state index in [-0.39, 0.29) is 21.7 Å². The van der Waals surface area contributed by atoms with Crippen LogP contribution in [0.15, 0.2) is 58.3 Å². The summed E-state index contributed by atoms with van der Waals surface area (Å²) in [5.41, 5.74) is 0.434. The Balaban J connectivity index is 1.76. The van der Waals surface area contributed by atoms with Gasteiger partial charge >= 0.3 is 16.1 Å². The number of nitrogens with zero attached hydrogens (tertiary/aromatic N) is 1. The highest BCUT2D eigenvalue weighted by atomic mass is 35.5. The quantitative estimate of drug-likeness (QED) is 0.321. The number of thioether (sulfide) groups is 1. The minimum atomic E-state index is -4.09. The van der Waals surface area contributed by atoms with E-state index in [2.05, 4.69) is 0 Å². The lowest BCUT2D eigenvalue weighted by atomic mass is 10.2. The van der Waals surface area contributed by atoms with E-state index in [0.717, 1.165) is 4.90 Å². The summed E-state index contributed by atoms with van der Waals surface area (Å²) >= 11 is 6.46. The van der Waals surface area contributed by atoms with Crippen molar-refractivity contribution in [3.05, 3.63) is 64.0 Å². The zero-order valence-electron chi connectivity index (χ0n) is 17.0. The van der Waals surface area contributed by atoms with E-state index in [0.29, 0.717) is 22.3 Å². The number of halogens is 1. The van der Waals surface area contributed by atoms with Gasteiger partial charge in [-0.1, -0.05) is 23.7 Å². The largest absolute Gasteiger partial charge is 0.462 e. The van der Waals surface area contributed by atoms with Crippen molar-refractivity contribution in [1.82, 2.24) is 4.90 Å². The highest BCUT2D eigenvalue weighted by molar-refractivity contribution is 8.18. The topological polar surface area (TPSA) is 107 Å². The number of esters is 1. The molecule has 0 aromatic heterocycles. The average Bonchev–Trinajstić information content (AvgIpc) is 2.95. The predicted octanol–water partition coefficient (Wildman–Crippen LogP) is 4.10. The third-order valence-electron chi connectivity index (χ3n) is 3.99. The van der Waals surface area contributed by atoms with Crippen molar-refractivity contribution in [2.45, 2.75) is 24.8 Å². The number of hydrogen-bond donors (Lipinski definition) is 0. The van der Waals surface area contributed by atoms with Gasteiger partial charge in [0, 0.05) is 5.02 Å². The summed E-state index contributed by atoms with van der Waals surface area (Å²) < 4.78 is 35.0. The van der Waals surface area contributed by atoms with Gasteiger partial charge in [-0.25, -0.2) is 0 Å². The van der Waals surface area contributed by atoms with Crippen molar-refractivity contribution in [2.75, 3.05) is 6.54 Å². The Hall–Kier alpha value is -2.82.